The Morgan fingerprint density at radius 3 is 2.74 bits per heavy atom. The van der Waals surface area contributed by atoms with Gasteiger partial charge in [-0.3, -0.25) is 9.78 Å². The zero-order valence-corrected chi connectivity index (χ0v) is 19.6. The first-order valence-electron chi connectivity index (χ1n) is 11.6. The van der Waals surface area contributed by atoms with E-state index < -0.39 is 0 Å². The third-order valence-electron chi connectivity index (χ3n) is 6.38. The molecule has 0 N–H and O–H groups in total. The Morgan fingerprint density at radius 2 is 2.03 bits per heavy atom. The van der Waals surface area contributed by atoms with E-state index in [1.165, 1.54) is 6.42 Å². The number of anilines is 1. The second-order valence-electron chi connectivity index (χ2n) is 8.39. The molecule has 2 aliphatic rings. The van der Waals surface area contributed by atoms with Crippen LogP contribution >= 0.6 is 11.3 Å². The zero-order chi connectivity index (χ0) is 21.6. The van der Waals surface area contributed by atoms with Gasteiger partial charge in [0.1, 0.15) is 5.00 Å². The molecule has 2 aromatic heterocycles. The van der Waals surface area contributed by atoms with Gasteiger partial charge in [-0.25, -0.2) is 0 Å². The fourth-order valence-electron chi connectivity index (χ4n) is 4.60. The van der Waals surface area contributed by atoms with Crippen LogP contribution in [0.25, 0.3) is 11.3 Å². The van der Waals surface area contributed by atoms with Gasteiger partial charge in [0.25, 0.3) is 5.91 Å². The van der Waals surface area contributed by atoms with Crippen LogP contribution in [0.1, 0.15) is 36.4 Å². The third kappa shape index (κ3) is 5.27. The Labute approximate surface area is 189 Å². The molecule has 168 valence electrons. The van der Waals surface area contributed by atoms with Crippen molar-refractivity contribution >= 4 is 22.2 Å². The van der Waals surface area contributed by atoms with Crippen molar-refractivity contribution in [3.63, 3.8) is 0 Å². The Kier molecular flexibility index (Phi) is 7.58. The summed E-state index contributed by atoms with van der Waals surface area (Å²) in [6, 6.07) is 8.03. The number of morpholine rings is 1. The van der Waals surface area contributed by atoms with Crippen LogP contribution in [-0.2, 0) is 4.74 Å². The lowest BCUT2D eigenvalue weighted by atomic mass is 9.97. The standard InChI is InChI=1S/C24H34N4O2S/c1-3-26(4-2)17-19-8-7-11-28(18-19)23(29)22-16-20(21-9-5-6-10-25-21)24(31-22)27-12-14-30-15-13-27/h5-6,9-10,16,19H,3-4,7-8,11-15,17-18H2,1-2H3/t19-/m0/s1. The van der Waals surface area contributed by atoms with Gasteiger partial charge < -0.3 is 19.4 Å². The molecule has 0 unspecified atom stereocenters. The summed E-state index contributed by atoms with van der Waals surface area (Å²) in [5.74, 6) is 0.734. The molecule has 0 bridgehead atoms. The number of likely N-dealkylation sites (tertiary alicyclic amines) is 1. The smallest absolute Gasteiger partial charge is 0.264 e. The molecule has 4 heterocycles. The maximum Gasteiger partial charge on any atom is 0.264 e. The van der Waals surface area contributed by atoms with Crippen molar-refractivity contribution in [2.45, 2.75) is 26.7 Å². The Bertz CT molecular complexity index is 847. The largest absolute Gasteiger partial charge is 0.378 e. The van der Waals surface area contributed by atoms with Crippen molar-refractivity contribution in [1.82, 2.24) is 14.8 Å². The van der Waals surface area contributed by atoms with Crippen LogP contribution < -0.4 is 4.90 Å². The summed E-state index contributed by atoms with van der Waals surface area (Å²) in [4.78, 5) is 25.8. The molecule has 0 aromatic carbocycles. The van der Waals surface area contributed by atoms with Crippen LogP contribution in [0.3, 0.4) is 0 Å². The topological polar surface area (TPSA) is 48.9 Å². The number of thiophene rings is 1. The van der Waals surface area contributed by atoms with E-state index in [4.69, 9.17) is 4.74 Å². The van der Waals surface area contributed by atoms with Crippen molar-refractivity contribution in [1.29, 1.82) is 0 Å². The van der Waals surface area contributed by atoms with E-state index >= 15 is 0 Å². The van der Waals surface area contributed by atoms with Gasteiger partial charge in [-0.2, -0.15) is 0 Å². The molecule has 6 nitrogen and oxygen atoms in total. The predicted molar refractivity (Wildman–Crippen MR) is 127 cm³/mol. The van der Waals surface area contributed by atoms with Crippen molar-refractivity contribution in [3.8, 4) is 11.3 Å². The highest BCUT2D eigenvalue weighted by molar-refractivity contribution is 7.18. The van der Waals surface area contributed by atoms with Gasteiger partial charge in [-0.05, 0) is 50.0 Å². The minimum absolute atomic E-state index is 0.172. The molecule has 31 heavy (non-hydrogen) atoms. The summed E-state index contributed by atoms with van der Waals surface area (Å²) in [6.45, 7) is 12.5. The SMILES string of the molecule is CCN(CC)C[C@@H]1CCCN(C(=O)c2cc(-c3ccccn3)c(N3CCOCC3)s2)C1. The van der Waals surface area contributed by atoms with E-state index in [0.717, 1.165) is 86.6 Å². The van der Waals surface area contributed by atoms with E-state index in [9.17, 15) is 4.79 Å². The minimum Gasteiger partial charge on any atom is -0.378 e. The molecule has 0 spiro atoms. The Morgan fingerprint density at radius 1 is 1.23 bits per heavy atom. The quantitative estimate of drug-likeness (QED) is 0.652. The number of piperidine rings is 1. The average Bonchev–Trinajstić information content (AvgIpc) is 3.29. The van der Waals surface area contributed by atoms with E-state index in [1.54, 1.807) is 11.3 Å². The highest BCUT2D eigenvalue weighted by atomic mass is 32.1. The summed E-state index contributed by atoms with van der Waals surface area (Å²) < 4.78 is 5.55. The van der Waals surface area contributed by atoms with E-state index in [1.807, 2.05) is 24.4 Å². The normalized spacial score (nSPS) is 19.8. The molecular weight excluding hydrogens is 408 g/mol. The number of nitrogens with zero attached hydrogens (tertiary/aromatic N) is 4. The molecule has 7 heteroatoms. The molecule has 2 aliphatic heterocycles. The number of ether oxygens (including phenoxy) is 1. The first kappa shape index (κ1) is 22.2. The molecule has 0 radical (unpaired) electrons. The second-order valence-corrected chi connectivity index (χ2v) is 9.42. The fourth-order valence-corrected chi connectivity index (χ4v) is 5.78. The molecule has 0 saturated carbocycles. The second kappa shape index (κ2) is 10.6. The van der Waals surface area contributed by atoms with Crippen molar-refractivity contribution < 1.29 is 9.53 Å². The molecule has 0 aliphatic carbocycles. The molecule has 2 fully saturated rings. The van der Waals surface area contributed by atoms with E-state index in [0.29, 0.717) is 5.92 Å². The van der Waals surface area contributed by atoms with E-state index in [-0.39, 0.29) is 5.91 Å². The van der Waals surface area contributed by atoms with Crippen molar-refractivity contribution in [2.75, 3.05) is 63.9 Å². The number of rotatable bonds is 7. The van der Waals surface area contributed by atoms with Crippen molar-refractivity contribution in [2.24, 2.45) is 5.92 Å². The number of hydrogen-bond donors (Lipinski definition) is 0. The van der Waals surface area contributed by atoms with Gasteiger partial charge in [0.2, 0.25) is 0 Å². The number of hydrogen-bond acceptors (Lipinski definition) is 6. The van der Waals surface area contributed by atoms with E-state index in [2.05, 4.69) is 39.6 Å². The lowest BCUT2D eigenvalue weighted by Gasteiger charge is -2.35. The number of pyridine rings is 1. The predicted octanol–water partition coefficient (Wildman–Crippen LogP) is 3.84. The summed E-state index contributed by atoms with van der Waals surface area (Å²) in [7, 11) is 0. The first-order valence-corrected chi connectivity index (χ1v) is 12.4. The zero-order valence-electron chi connectivity index (χ0n) is 18.8. The van der Waals surface area contributed by atoms with Crippen LogP contribution in [0.2, 0.25) is 0 Å². The van der Waals surface area contributed by atoms with Gasteiger partial charge >= 0.3 is 0 Å². The highest BCUT2D eigenvalue weighted by Crippen LogP contribution is 2.39. The first-order chi connectivity index (χ1) is 15.2. The summed E-state index contributed by atoms with van der Waals surface area (Å²) in [5.41, 5.74) is 1.99. The molecule has 2 saturated heterocycles. The molecule has 2 aromatic rings. The van der Waals surface area contributed by atoms with Crippen LogP contribution in [-0.4, -0.2) is 79.7 Å². The molecule has 4 rings (SSSR count). The van der Waals surface area contributed by atoms with Crippen LogP contribution in [0.4, 0.5) is 5.00 Å². The fraction of sp³-hybridized carbons (Fsp3) is 0.583. The van der Waals surface area contributed by atoms with Crippen molar-refractivity contribution in [3.05, 3.63) is 35.3 Å². The molecule has 1 amide bonds. The van der Waals surface area contributed by atoms with Gasteiger partial charge in [-0.1, -0.05) is 19.9 Å². The molecule has 1 atom stereocenters. The maximum absolute atomic E-state index is 13.5. The van der Waals surface area contributed by atoms with Gasteiger partial charge in [0.05, 0.1) is 23.8 Å². The number of carbonyl (C=O) groups excluding carboxylic acids is 1. The van der Waals surface area contributed by atoms with Gasteiger partial charge in [-0.15, -0.1) is 11.3 Å². The lowest BCUT2D eigenvalue weighted by molar-refractivity contribution is 0.0648. The summed E-state index contributed by atoms with van der Waals surface area (Å²) in [5, 5.41) is 1.14. The summed E-state index contributed by atoms with van der Waals surface area (Å²) >= 11 is 1.62. The minimum atomic E-state index is 0.172. The monoisotopic (exact) mass is 442 g/mol. The van der Waals surface area contributed by atoms with Gasteiger partial charge in [0, 0.05) is 44.5 Å². The Hall–Kier alpha value is -1.96. The molecular formula is C24H34N4O2S. The summed E-state index contributed by atoms with van der Waals surface area (Å²) in [6.07, 6.45) is 4.12. The average molecular weight is 443 g/mol. The highest BCUT2D eigenvalue weighted by Gasteiger charge is 2.28. The van der Waals surface area contributed by atoms with Crippen LogP contribution in [0, 0.1) is 5.92 Å². The van der Waals surface area contributed by atoms with Crippen LogP contribution in [0.15, 0.2) is 30.5 Å². The lowest BCUT2D eigenvalue weighted by Crippen LogP contribution is -2.43. The number of aromatic nitrogens is 1. The van der Waals surface area contributed by atoms with Gasteiger partial charge in [0.15, 0.2) is 0 Å². The third-order valence-corrected chi connectivity index (χ3v) is 7.56. The maximum atomic E-state index is 13.5. The van der Waals surface area contributed by atoms with Crippen LogP contribution in [0.5, 0.6) is 0 Å². The number of carbonyl (C=O) groups is 1. The Balaban J connectivity index is 1.55. The number of amides is 1.